The summed E-state index contributed by atoms with van der Waals surface area (Å²) < 4.78 is 5.82. The number of carbonyl (C=O) groups excluding carboxylic acids is 1. The van der Waals surface area contributed by atoms with Crippen LogP contribution in [0.4, 0.5) is 4.79 Å². The number of fused-ring (bicyclic) bond motifs is 1. The third-order valence-electron chi connectivity index (χ3n) is 4.56. The van der Waals surface area contributed by atoms with E-state index in [-0.39, 0.29) is 18.7 Å². The van der Waals surface area contributed by atoms with Gasteiger partial charge < -0.3 is 20.1 Å². The number of piperidine rings is 1. The number of rotatable bonds is 5. The Kier molecular flexibility index (Phi) is 5.71. The molecule has 0 aliphatic carbocycles. The highest BCUT2D eigenvalue weighted by Crippen LogP contribution is 2.23. The Morgan fingerprint density at radius 3 is 3.08 bits per heavy atom. The lowest BCUT2D eigenvalue weighted by Crippen LogP contribution is -2.50. The molecule has 3 rings (SSSR count). The molecule has 1 atom stereocenters. The molecular weight excluding hydrogens is 318 g/mol. The molecule has 25 heavy (non-hydrogen) atoms. The maximum Gasteiger partial charge on any atom is 0.317 e. The highest BCUT2D eigenvalue weighted by atomic mass is 16.5. The Bertz CT molecular complexity index is 735. The molecule has 1 aromatic heterocycles. The van der Waals surface area contributed by atoms with Crippen LogP contribution in [-0.4, -0.2) is 53.4 Å². The van der Waals surface area contributed by atoms with E-state index in [0.717, 1.165) is 41.6 Å². The quantitative estimate of drug-likeness (QED) is 0.818. The van der Waals surface area contributed by atoms with E-state index < -0.39 is 0 Å². The molecule has 2 N–H and O–H groups in total. The first-order valence-corrected chi connectivity index (χ1v) is 8.83. The second-order valence-electron chi connectivity index (χ2n) is 6.39. The van der Waals surface area contributed by atoms with Crippen LogP contribution in [0.1, 0.15) is 25.0 Å². The molecule has 6 nitrogen and oxygen atoms in total. The van der Waals surface area contributed by atoms with E-state index in [9.17, 15) is 9.90 Å². The van der Waals surface area contributed by atoms with Crippen LogP contribution >= 0.6 is 0 Å². The van der Waals surface area contributed by atoms with Crippen LogP contribution in [0.2, 0.25) is 0 Å². The number of aliphatic hydroxyl groups excluding tert-OH is 1. The Hall–Kier alpha value is -2.34. The Morgan fingerprint density at radius 2 is 2.24 bits per heavy atom. The number of aromatic nitrogens is 1. The lowest BCUT2D eigenvalue weighted by Gasteiger charge is -2.34. The molecule has 0 unspecified atom stereocenters. The first kappa shape index (κ1) is 17.5. The van der Waals surface area contributed by atoms with Crippen LogP contribution in [-0.2, 0) is 0 Å². The minimum Gasteiger partial charge on any atom is -0.489 e. The number of hydrogen-bond donors (Lipinski definition) is 2. The van der Waals surface area contributed by atoms with Crippen molar-refractivity contribution in [2.24, 2.45) is 0 Å². The molecule has 1 fully saturated rings. The van der Waals surface area contributed by atoms with Crippen LogP contribution in [0.15, 0.2) is 30.3 Å². The number of hydrogen-bond acceptors (Lipinski definition) is 4. The highest BCUT2D eigenvalue weighted by molar-refractivity contribution is 5.84. The van der Waals surface area contributed by atoms with E-state index in [2.05, 4.69) is 10.3 Å². The predicted molar refractivity (Wildman–Crippen MR) is 96.8 cm³/mol. The summed E-state index contributed by atoms with van der Waals surface area (Å²) in [4.78, 5) is 18.5. The number of aliphatic hydroxyl groups is 1. The summed E-state index contributed by atoms with van der Waals surface area (Å²) in [5.41, 5.74) is 1.78. The fourth-order valence-corrected chi connectivity index (χ4v) is 3.21. The van der Waals surface area contributed by atoms with Crippen LogP contribution < -0.4 is 10.1 Å². The molecule has 2 aromatic rings. The molecule has 6 heteroatoms. The van der Waals surface area contributed by atoms with Crippen molar-refractivity contribution in [2.45, 2.75) is 32.2 Å². The lowest BCUT2D eigenvalue weighted by atomic mass is 10.0. The second-order valence-corrected chi connectivity index (χ2v) is 6.39. The number of nitrogens with one attached hydrogen (secondary N) is 1. The molecule has 1 aliphatic heterocycles. The van der Waals surface area contributed by atoms with Gasteiger partial charge >= 0.3 is 6.03 Å². The number of benzene rings is 1. The number of amides is 2. The third-order valence-corrected chi connectivity index (χ3v) is 4.56. The summed E-state index contributed by atoms with van der Waals surface area (Å²) in [6.07, 6.45) is 2.91. The molecule has 2 amide bonds. The van der Waals surface area contributed by atoms with Gasteiger partial charge in [0.05, 0.1) is 19.2 Å². The predicted octanol–water partition coefficient (Wildman–Crippen LogP) is 2.48. The summed E-state index contributed by atoms with van der Waals surface area (Å²) in [7, 11) is 0. The summed E-state index contributed by atoms with van der Waals surface area (Å²) in [6, 6.07) is 9.63. The minimum absolute atomic E-state index is 0.0188. The van der Waals surface area contributed by atoms with E-state index in [4.69, 9.17) is 4.74 Å². The van der Waals surface area contributed by atoms with Gasteiger partial charge in [0, 0.05) is 17.6 Å². The average molecular weight is 343 g/mol. The van der Waals surface area contributed by atoms with E-state index in [0.29, 0.717) is 19.7 Å². The molecule has 0 radical (unpaired) electrons. The first-order chi connectivity index (χ1) is 12.2. The number of para-hydroxylation sites is 1. The van der Waals surface area contributed by atoms with Crippen molar-refractivity contribution in [1.29, 1.82) is 0 Å². The zero-order valence-corrected chi connectivity index (χ0v) is 14.6. The maximum atomic E-state index is 12.3. The molecule has 0 bridgehead atoms. The van der Waals surface area contributed by atoms with Gasteiger partial charge in [-0.25, -0.2) is 9.78 Å². The molecule has 0 spiro atoms. The van der Waals surface area contributed by atoms with E-state index >= 15 is 0 Å². The molecule has 1 saturated heterocycles. The Labute approximate surface area is 147 Å². The molecule has 1 aromatic carbocycles. The van der Waals surface area contributed by atoms with Gasteiger partial charge in [-0.2, -0.15) is 0 Å². The monoisotopic (exact) mass is 343 g/mol. The number of ether oxygens (including phenoxy) is 1. The van der Waals surface area contributed by atoms with Crippen LogP contribution in [0, 0.1) is 6.92 Å². The second kappa shape index (κ2) is 8.16. The fourth-order valence-electron chi connectivity index (χ4n) is 3.21. The van der Waals surface area contributed by atoms with E-state index in [1.54, 1.807) is 4.90 Å². The van der Waals surface area contributed by atoms with Crippen molar-refractivity contribution in [3.05, 3.63) is 36.0 Å². The molecule has 1 aliphatic rings. The first-order valence-electron chi connectivity index (χ1n) is 8.83. The molecule has 134 valence electrons. The summed E-state index contributed by atoms with van der Waals surface area (Å²) in [5.74, 6) is 0.724. The SMILES string of the molecule is Cc1ccc2cccc(OCCNC(=O)N3CCCC[C@H]3CO)c2n1. The molecule has 2 heterocycles. The number of pyridine rings is 1. The zero-order valence-electron chi connectivity index (χ0n) is 14.6. The van der Waals surface area contributed by atoms with Crippen molar-refractivity contribution < 1.29 is 14.6 Å². The lowest BCUT2D eigenvalue weighted by molar-refractivity contribution is 0.107. The van der Waals surface area contributed by atoms with Gasteiger partial charge in [0.25, 0.3) is 0 Å². The topological polar surface area (TPSA) is 74.7 Å². The van der Waals surface area contributed by atoms with Crippen molar-refractivity contribution in [2.75, 3.05) is 26.3 Å². The number of likely N-dealkylation sites (tertiary alicyclic amines) is 1. The molecular formula is C19H25N3O3. The zero-order chi connectivity index (χ0) is 17.6. The largest absolute Gasteiger partial charge is 0.489 e. The fraction of sp³-hybridized carbons (Fsp3) is 0.474. The summed E-state index contributed by atoms with van der Waals surface area (Å²) in [6.45, 7) is 3.45. The van der Waals surface area contributed by atoms with Gasteiger partial charge in [0.1, 0.15) is 17.9 Å². The third kappa shape index (κ3) is 4.20. The van der Waals surface area contributed by atoms with Gasteiger partial charge in [-0.3, -0.25) is 0 Å². The van der Waals surface area contributed by atoms with Crippen molar-refractivity contribution in [3.63, 3.8) is 0 Å². The van der Waals surface area contributed by atoms with Crippen molar-refractivity contribution >= 4 is 16.9 Å². The number of carbonyl (C=O) groups is 1. The standard InChI is InChI=1S/C19H25N3O3/c1-14-8-9-15-5-4-7-17(18(15)21-14)25-12-10-20-19(24)22-11-3-2-6-16(22)13-23/h4-5,7-9,16,23H,2-3,6,10-13H2,1H3,(H,20,24)/t16-/m0/s1. The summed E-state index contributed by atoms with van der Waals surface area (Å²) >= 11 is 0. The van der Waals surface area contributed by atoms with Crippen LogP contribution in [0.5, 0.6) is 5.75 Å². The Balaban J connectivity index is 1.53. The molecule has 0 saturated carbocycles. The van der Waals surface area contributed by atoms with Crippen LogP contribution in [0.3, 0.4) is 0 Å². The van der Waals surface area contributed by atoms with E-state index in [1.807, 2.05) is 37.3 Å². The van der Waals surface area contributed by atoms with Crippen molar-refractivity contribution in [1.82, 2.24) is 15.2 Å². The smallest absolute Gasteiger partial charge is 0.317 e. The van der Waals surface area contributed by atoms with Gasteiger partial charge in [0.15, 0.2) is 0 Å². The average Bonchev–Trinajstić information content (AvgIpc) is 2.65. The number of urea groups is 1. The maximum absolute atomic E-state index is 12.3. The van der Waals surface area contributed by atoms with Gasteiger partial charge in [-0.05, 0) is 38.3 Å². The van der Waals surface area contributed by atoms with Crippen molar-refractivity contribution in [3.8, 4) is 5.75 Å². The number of nitrogens with zero attached hydrogens (tertiary/aromatic N) is 2. The van der Waals surface area contributed by atoms with Gasteiger partial charge in [0.2, 0.25) is 0 Å². The Morgan fingerprint density at radius 1 is 1.36 bits per heavy atom. The number of aryl methyl sites for hydroxylation is 1. The van der Waals surface area contributed by atoms with Gasteiger partial charge in [-0.1, -0.05) is 18.2 Å². The van der Waals surface area contributed by atoms with Crippen LogP contribution in [0.25, 0.3) is 10.9 Å². The van der Waals surface area contributed by atoms with Gasteiger partial charge in [-0.15, -0.1) is 0 Å². The highest BCUT2D eigenvalue weighted by Gasteiger charge is 2.25. The normalized spacial score (nSPS) is 17.5. The summed E-state index contributed by atoms with van der Waals surface area (Å²) in [5, 5.41) is 13.3. The minimum atomic E-state index is -0.130. The van der Waals surface area contributed by atoms with E-state index in [1.165, 1.54) is 0 Å².